The highest BCUT2D eigenvalue weighted by Gasteiger charge is 2.31. The SMILES string of the molecule is Cc1cc(C)[n+]2[nH]c(C(=O)NS(=O)(=O)c3ccc(C(F)(F)F)cc3)nc2n1. The Kier molecular flexibility index (Phi) is 4.38. The minimum absolute atomic E-state index is 0.171. The molecule has 0 bridgehead atoms. The van der Waals surface area contributed by atoms with Crippen molar-refractivity contribution in [3.8, 4) is 0 Å². The number of fused-ring (bicyclic) bond motifs is 1. The van der Waals surface area contributed by atoms with Crippen molar-refractivity contribution < 1.29 is 30.9 Å². The molecule has 0 unspecified atom stereocenters. The Balaban J connectivity index is 1.87. The Morgan fingerprint density at radius 1 is 1.15 bits per heavy atom. The van der Waals surface area contributed by atoms with Gasteiger partial charge in [0.15, 0.2) is 0 Å². The van der Waals surface area contributed by atoms with E-state index in [4.69, 9.17) is 0 Å². The molecule has 2 heterocycles. The van der Waals surface area contributed by atoms with E-state index < -0.39 is 32.6 Å². The van der Waals surface area contributed by atoms with Crippen LogP contribution in [0.15, 0.2) is 35.2 Å². The van der Waals surface area contributed by atoms with Gasteiger partial charge in [-0.2, -0.15) is 13.2 Å². The Hall–Kier alpha value is -3.02. The number of rotatable bonds is 3. The largest absolute Gasteiger partial charge is 0.457 e. The maximum absolute atomic E-state index is 12.6. The molecule has 3 aromatic rings. The second-order valence-electron chi connectivity index (χ2n) is 5.70. The molecule has 12 heteroatoms. The van der Waals surface area contributed by atoms with Crippen LogP contribution in [0.1, 0.15) is 27.6 Å². The lowest BCUT2D eigenvalue weighted by molar-refractivity contribution is -0.587. The van der Waals surface area contributed by atoms with Crippen LogP contribution in [0.5, 0.6) is 0 Å². The number of aromatic amines is 1. The summed E-state index contributed by atoms with van der Waals surface area (Å²) in [6, 6.07) is 4.49. The number of hydrogen-bond acceptors (Lipinski definition) is 5. The van der Waals surface area contributed by atoms with Crippen LogP contribution >= 0.6 is 0 Å². The van der Waals surface area contributed by atoms with Crippen LogP contribution in [0.3, 0.4) is 0 Å². The third kappa shape index (κ3) is 3.74. The zero-order chi connectivity index (χ0) is 20.0. The molecular weight excluding hydrogens is 387 g/mol. The maximum Gasteiger partial charge on any atom is 0.457 e. The van der Waals surface area contributed by atoms with Gasteiger partial charge >= 0.3 is 23.7 Å². The molecule has 1 aromatic carbocycles. The number of hydrogen-bond donors (Lipinski definition) is 2. The number of sulfonamides is 1. The van der Waals surface area contributed by atoms with E-state index in [1.54, 1.807) is 24.6 Å². The highest BCUT2D eigenvalue weighted by molar-refractivity contribution is 7.90. The molecule has 0 aliphatic rings. The van der Waals surface area contributed by atoms with Crippen molar-refractivity contribution in [2.75, 3.05) is 0 Å². The average molecular weight is 400 g/mol. The van der Waals surface area contributed by atoms with Gasteiger partial charge in [0, 0.05) is 6.07 Å². The summed E-state index contributed by atoms with van der Waals surface area (Å²) in [5.41, 5.74) is 0.344. The van der Waals surface area contributed by atoms with Gasteiger partial charge in [-0.05, 0) is 43.1 Å². The fourth-order valence-electron chi connectivity index (χ4n) is 2.36. The van der Waals surface area contributed by atoms with Crippen LogP contribution in [-0.4, -0.2) is 29.4 Å². The minimum Gasteiger partial charge on any atom is -0.263 e. The van der Waals surface area contributed by atoms with Crippen LogP contribution < -0.4 is 9.24 Å². The van der Waals surface area contributed by atoms with Crippen LogP contribution in [0, 0.1) is 13.8 Å². The van der Waals surface area contributed by atoms with Crippen LogP contribution in [0.4, 0.5) is 13.2 Å². The lowest BCUT2D eigenvalue weighted by atomic mass is 10.2. The van der Waals surface area contributed by atoms with Crippen molar-refractivity contribution in [2.45, 2.75) is 24.9 Å². The fourth-order valence-corrected chi connectivity index (χ4v) is 3.32. The average Bonchev–Trinajstić information content (AvgIpc) is 2.98. The highest BCUT2D eigenvalue weighted by atomic mass is 32.2. The molecule has 0 saturated carbocycles. The predicted octanol–water partition coefficient (Wildman–Crippen LogP) is 1.30. The van der Waals surface area contributed by atoms with E-state index >= 15 is 0 Å². The van der Waals surface area contributed by atoms with Crippen molar-refractivity contribution in [1.29, 1.82) is 0 Å². The van der Waals surface area contributed by atoms with E-state index in [1.165, 1.54) is 4.52 Å². The molecule has 1 amide bonds. The minimum atomic E-state index is -4.60. The van der Waals surface area contributed by atoms with Gasteiger partial charge in [-0.3, -0.25) is 4.79 Å². The molecule has 2 aromatic heterocycles. The Morgan fingerprint density at radius 3 is 2.37 bits per heavy atom. The topological polar surface area (TPSA) is 109 Å². The molecule has 8 nitrogen and oxygen atoms in total. The zero-order valence-corrected chi connectivity index (χ0v) is 14.8. The second-order valence-corrected chi connectivity index (χ2v) is 7.39. The van der Waals surface area contributed by atoms with Gasteiger partial charge in [-0.25, -0.2) is 18.2 Å². The number of nitrogens with one attached hydrogen (secondary N) is 2. The number of aryl methyl sites for hydroxylation is 2. The summed E-state index contributed by atoms with van der Waals surface area (Å²) in [4.78, 5) is 19.8. The number of nitrogens with zero attached hydrogens (tertiary/aromatic N) is 3. The number of carbonyl (C=O) groups is 1. The number of halogens is 3. The second kappa shape index (κ2) is 6.30. The third-order valence-corrected chi connectivity index (χ3v) is 4.96. The molecular formula is C15H13F3N5O3S+. The normalized spacial score (nSPS) is 12.3. The summed E-state index contributed by atoms with van der Waals surface area (Å²) in [6.07, 6.45) is -4.60. The predicted molar refractivity (Wildman–Crippen MR) is 85.1 cm³/mol. The van der Waals surface area contributed by atoms with Gasteiger partial charge in [0.2, 0.25) is 0 Å². The molecule has 0 radical (unpaired) electrons. The van der Waals surface area contributed by atoms with Crippen molar-refractivity contribution in [1.82, 2.24) is 19.8 Å². The summed E-state index contributed by atoms with van der Waals surface area (Å²) in [6.45, 7) is 3.47. The summed E-state index contributed by atoms with van der Waals surface area (Å²) < 4.78 is 65.3. The first-order valence-electron chi connectivity index (χ1n) is 7.48. The van der Waals surface area contributed by atoms with E-state index in [2.05, 4.69) is 15.1 Å². The Bertz CT molecular complexity index is 1140. The number of H-pyrrole nitrogens is 1. The number of aromatic nitrogens is 4. The summed E-state index contributed by atoms with van der Waals surface area (Å²) in [7, 11) is -4.38. The standard InChI is InChI=1S/C15H12F3N5O3S/c1-8-7-9(2)23-14(19-8)20-12(21-23)13(24)22-27(25,26)11-5-3-10(4-6-11)15(16,17)18/h3-7H,1-2H3,(H,22,24)/p+1. The molecule has 0 spiro atoms. The lowest BCUT2D eigenvalue weighted by Crippen LogP contribution is -2.33. The molecule has 0 aliphatic heterocycles. The van der Waals surface area contributed by atoms with Gasteiger partial charge in [0.05, 0.1) is 10.5 Å². The quantitative estimate of drug-likeness (QED) is 0.644. The first-order chi connectivity index (χ1) is 12.5. The zero-order valence-electron chi connectivity index (χ0n) is 14.0. The van der Waals surface area contributed by atoms with Crippen molar-refractivity contribution in [2.24, 2.45) is 0 Å². The van der Waals surface area contributed by atoms with E-state index in [-0.39, 0.29) is 11.6 Å². The summed E-state index contributed by atoms with van der Waals surface area (Å²) in [5.74, 6) is -1.21. The first-order valence-corrected chi connectivity index (χ1v) is 8.96. The van der Waals surface area contributed by atoms with Crippen LogP contribution in [0.2, 0.25) is 0 Å². The van der Waals surface area contributed by atoms with E-state index in [1.807, 2.05) is 0 Å². The van der Waals surface area contributed by atoms with E-state index in [0.717, 1.165) is 12.1 Å². The van der Waals surface area contributed by atoms with Crippen LogP contribution in [-0.2, 0) is 16.2 Å². The van der Waals surface area contributed by atoms with Gasteiger partial charge < -0.3 is 0 Å². The van der Waals surface area contributed by atoms with E-state index in [9.17, 15) is 26.4 Å². The molecule has 3 rings (SSSR count). The van der Waals surface area contributed by atoms with Gasteiger partial charge in [0.25, 0.3) is 10.0 Å². The molecule has 0 aliphatic carbocycles. The van der Waals surface area contributed by atoms with Crippen molar-refractivity contribution >= 4 is 21.7 Å². The molecule has 0 fully saturated rings. The molecule has 27 heavy (non-hydrogen) atoms. The first kappa shape index (κ1) is 18.8. The summed E-state index contributed by atoms with van der Waals surface area (Å²) in [5, 5.41) is 2.61. The van der Waals surface area contributed by atoms with E-state index in [0.29, 0.717) is 23.5 Å². The highest BCUT2D eigenvalue weighted by Crippen LogP contribution is 2.29. The number of carbonyl (C=O) groups excluding carboxylic acids is 1. The monoisotopic (exact) mass is 400 g/mol. The smallest absolute Gasteiger partial charge is 0.263 e. The summed E-state index contributed by atoms with van der Waals surface area (Å²) >= 11 is 0. The Labute approximate surface area is 151 Å². The van der Waals surface area contributed by atoms with Gasteiger partial charge in [-0.1, -0.05) is 4.98 Å². The number of amides is 1. The van der Waals surface area contributed by atoms with Crippen molar-refractivity contribution in [3.05, 3.63) is 53.1 Å². The van der Waals surface area contributed by atoms with Gasteiger partial charge in [-0.15, -0.1) is 4.52 Å². The molecule has 0 atom stereocenters. The molecule has 0 saturated heterocycles. The number of benzene rings is 1. The molecule has 2 N–H and O–H groups in total. The third-order valence-electron chi connectivity index (χ3n) is 3.61. The fraction of sp³-hybridized carbons (Fsp3) is 0.200. The van der Waals surface area contributed by atoms with Crippen molar-refractivity contribution in [3.63, 3.8) is 0 Å². The Morgan fingerprint density at radius 2 is 1.78 bits per heavy atom. The van der Waals surface area contributed by atoms with Gasteiger partial charge in [0.1, 0.15) is 11.4 Å². The maximum atomic E-state index is 12.6. The van der Waals surface area contributed by atoms with Crippen LogP contribution in [0.25, 0.3) is 5.78 Å². The molecule has 142 valence electrons. The number of alkyl halides is 3. The lowest BCUT2D eigenvalue weighted by Gasteiger charge is -2.08.